The van der Waals surface area contributed by atoms with Crippen LogP contribution in [0.1, 0.15) is 52.5 Å². The fourth-order valence-corrected chi connectivity index (χ4v) is 3.87. The van der Waals surface area contributed by atoms with Crippen LogP contribution < -0.4 is 0 Å². The van der Waals surface area contributed by atoms with E-state index in [2.05, 4.69) is 75.9 Å². The Labute approximate surface area is 147 Å². The second-order valence-corrected chi connectivity index (χ2v) is 7.57. The van der Waals surface area contributed by atoms with Crippen LogP contribution in [0.3, 0.4) is 0 Å². The molecule has 0 heterocycles. The normalized spacial score (nSPS) is 22.3. The van der Waals surface area contributed by atoms with E-state index in [0.717, 1.165) is 13.0 Å². The molecule has 1 aromatic rings. The summed E-state index contributed by atoms with van der Waals surface area (Å²) in [6.07, 6.45) is 6.87. The topological polar surface area (TPSA) is 23.5 Å². The van der Waals surface area contributed by atoms with Crippen molar-refractivity contribution in [2.45, 2.75) is 65.1 Å². The van der Waals surface area contributed by atoms with Crippen molar-refractivity contribution in [2.24, 2.45) is 5.92 Å². The second-order valence-electron chi connectivity index (χ2n) is 7.57. The average molecular weight is 328 g/mol. The predicted molar refractivity (Wildman–Crippen MR) is 103 cm³/mol. The Morgan fingerprint density at radius 2 is 1.67 bits per heavy atom. The van der Waals surface area contributed by atoms with Crippen LogP contribution in [0, 0.1) is 5.92 Å². The number of allylic oxidation sites excluding steroid dienone is 2. The largest absolute Gasteiger partial charge is 0.388 e. The molecular weight excluding hydrogens is 294 g/mol. The predicted octanol–water partition coefficient (Wildman–Crippen LogP) is 4.77. The molecular formula is C22H33NO. The zero-order chi connectivity index (χ0) is 17.7. The summed E-state index contributed by atoms with van der Waals surface area (Å²) in [5.41, 5.74) is 2.57. The van der Waals surface area contributed by atoms with Gasteiger partial charge in [-0.05, 0) is 59.1 Å². The SMILES string of the molecule is CC1=CC([C@H](CCN(C(C)C)C(C)C)c2ccccc2)C(O)C=C1. The summed E-state index contributed by atoms with van der Waals surface area (Å²) < 4.78 is 0. The van der Waals surface area contributed by atoms with E-state index < -0.39 is 6.10 Å². The van der Waals surface area contributed by atoms with Gasteiger partial charge < -0.3 is 5.11 Å². The molecule has 0 bridgehead atoms. The number of benzene rings is 1. The molecule has 0 aliphatic heterocycles. The molecule has 3 atom stereocenters. The van der Waals surface area contributed by atoms with Crippen LogP contribution >= 0.6 is 0 Å². The van der Waals surface area contributed by atoms with Crippen LogP contribution in [0.25, 0.3) is 0 Å². The highest BCUT2D eigenvalue weighted by molar-refractivity contribution is 5.30. The Morgan fingerprint density at radius 3 is 2.25 bits per heavy atom. The summed E-state index contributed by atoms with van der Waals surface area (Å²) in [5.74, 6) is 0.486. The molecule has 1 aliphatic rings. The molecule has 0 saturated heterocycles. The summed E-state index contributed by atoms with van der Waals surface area (Å²) >= 11 is 0. The first-order valence-corrected chi connectivity index (χ1v) is 9.25. The molecule has 24 heavy (non-hydrogen) atoms. The van der Waals surface area contributed by atoms with Crippen molar-refractivity contribution in [3.63, 3.8) is 0 Å². The summed E-state index contributed by atoms with van der Waals surface area (Å²) in [6, 6.07) is 11.7. The Bertz CT molecular complexity index is 551. The van der Waals surface area contributed by atoms with Gasteiger partial charge in [-0.1, -0.05) is 54.1 Å². The maximum Gasteiger partial charge on any atom is 0.0792 e. The second kappa shape index (κ2) is 8.64. The van der Waals surface area contributed by atoms with Gasteiger partial charge in [-0.25, -0.2) is 0 Å². The van der Waals surface area contributed by atoms with E-state index in [1.54, 1.807) is 0 Å². The number of hydrogen-bond donors (Lipinski definition) is 1. The van der Waals surface area contributed by atoms with Gasteiger partial charge in [-0.3, -0.25) is 4.90 Å². The molecule has 0 radical (unpaired) electrons. The van der Waals surface area contributed by atoms with E-state index >= 15 is 0 Å². The number of hydrogen-bond acceptors (Lipinski definition) is 2. The number of aliphatic hydroxyl groups excluding tert-OH is 1. The summed E-state index contributed by atoms with van der Waals surface area (Å²) in [5, 5.41) is 10.6. The Balaban J connectivity index is 2.23. The van der Waals surface area contributed by atoms with Crippen LogP contribution in [0.2, 0.25) is 0 Å². The molecule has 2 unspecified atom stereocenters. The van der Waals surface area contributed by atoms with Crippen molar-refractivity contribution < 1.29 is 5.11 Å². The minimum absolute atomic E-state index is 0.151. The number of aliphatic hydroxyl groups is 1. The van der Waals surface area contributed by atoms with Gasteiger partial charge in [0.25, 0.3) is 0 Å². The highest BCUT2D eigenvalue weighted by Gasteiger charge is 2.29. The summed E-state index contributed by atoms with van der Waals surface area (Å²) in [4.78, 5) is 2.54. The van der Waals surface area contributed by atoms with Gasteiger partial charge >= 0.3 is 0 Å². The van der Waals surface area contributed by atoms with Crippen molar-refractivity contribution in [3.05, 3.63) is 59.7 Å². The van der Waals surface area contributed by atoms with E-state index in [-0.39, 0.29) is 5.92 Å². The standard InChI is InChI=1S/C22H33NO/c1-16(2)23(17(3)4)14-13-20(19-9-7-6-8-10-19)21-15-18(5)11-12-22(21)24/h6-12,15-17,20-22,24H,13-14H2,1-5H3/t20-,21?,22?/m1/s1. The van der Waals surface area contributed by atoms with Crippen molar-refractivity contribution in [1.29, 1.82) is 0 Å². The van der Waals surface area contributed by atoms with Crippen molar-refractivity contribution in [2.75, 3.05) is 6.54 Å². The van der Waals surface area contributed by atoms with Gasteiger partial charge in [0, 0.05) is 18.0 Å². The molecule has 0 fully saturated rings. The van der Waals surface area contributed by atoms with Gasteiger partial charge in [-0.2, -0.15) is 0 Å². The minimum atomic E-state index is -0.398. The molecule has 0 saturated carbocycles. The van der Waals surface area contributed by atoms with E-state index in [4.69, 9.17) is 0 Å². The van der Waals surface area contributed by atoms with Crippen LogP contribution in [0.15, 0.2) is 54.1 Å². The Hall–Kier alpha value is -1.38. The zero-order valence-electron chi connectivity index (χ0n) is 15.8. The molecule has 0 aromatic heterocycles. The summed E-state index contributed by atoms with van der Waals surface area (Å²) in [6.45, 7) is 12.2. The molecule has 2 nitrogen and oxygen atoms in total. The molecule has 132 valence electrons. The van der Waals surface area contributed by atoms with E-state index in [1.165, 1.54) is 11.1 Å². The smallest absolute Gasteiger partial charge is 0.0792 e. The lowest BCUT2D eigenvalue weighted by Gasteiger charge is -2.35. The third kappa shape index (κ3) is 4.81. The van der Waals surface area contributed by atoms with Crippen LogP contribution in [-0.2, 0) is 0 Å². The van der Waals surface area contributed by atoms with Crippen LogP contribution in [-0.4, -0.2) is 34.7 Å². The molecule has 2 heteroatoms. The fraction of sp³-hybridized carbons (Fsp3) is 0.545. The zero-order valence-corrected chi connectivity index (χ0v) is 15.8. The monoisotopic (exact) mass is 327 g/mol. The lowest BCUT2D eigenvalue weighted by molar-refractivity contribution is 0.134. The third-order valence-corrected chi connectivity index (χ3v) is 5.12. The first kappa shape index (κ1) is 19.0. The first-order chi connectivity index (χ1) is 11.4. The van der Waals surface area contributed by atoms with Crippen LogP contribution in [0.4, 0.5) is 0 Å². The van der Waals surface area contributed by atoms with E-state index in [1.807, 2.05) is 12.2 Å². The van der Waals surface area contributed by atoms with Gasteiger partial charge in [0.15, 0.2) is 0 Å². The van der Waals surface area contributed by atoms with Gasteiger partial charge in [0.1, 0.15) is 0 Å². The lowest BCUT2D eigenvalue weighted by Crippen LogP contribution is -2.39. The number of rotatable bonds is 7. The van der Waals surface area contributed by atoms with Gasteiger partial charge in [0.2, 0.25) is 0 Å². The molecule has 0 spiro atoms. The Kier molecular flexibility index (Phi) is 6.82. The minimum Gasteiger partial charge on any atom is -0.388 e. The van der Waals surface area contributed by atoms with Crippen LogP contribution in [0.5, 0.6) is 0 Å². The molecule has 1 aromatic carbocycles. The van der Waals surface area contributed by atoms with Crippen molar-refractivity contribution in [3.8, 4) is 0 Å². The van der Waals surface area contributed by atoms with Gasteiger partial charge in [-0.15, -0.1) is 0 Å². The Morgan fingerprint density at radius 1 is 1.04 bits per heavy atom. The lowest BCUT2D eigenvalue weighted by atomic mass is 9.77. The quantitative estimate of drug-likeness (QED) is 0.779. The highest BCUT2D eigenvalue weighted by Crippen LogP contribution is 2.35. The molecule has 1 aliphatic carbocycles. The molecule has 2 rings (SSSR count). The number of nitrogens with zero attached hydrogens (tertiary/aromatic N) is 1. The van der Waals surface area contributed by atoms with Crippen molar-refractivity contribution in [1.82, 2.24) is 4.90 Å². The van der Waals surface area contributed by atoms with Crippen molar-refractivity contribution >= 4 is 0 Å². The maximum absolute atomic E-state index is 10.6. The summed E-state index contributed by atoms with van der Waals surface area (Å²) in [7, 11) is 0. The fourth-order valence-electron chi connectivity index (χ4n) is 3.87. The third-order valence-electron chi connectivity index (χ3n) is 5.12. The highest BCUT2D eigenvalue weighted by atomic mass is 16.3. The van der Waals surface area contributed by atoms with Gasteiger partial charge in [0.05, 0.1) is 6.10 Å². The van der Waals surface area contributed by atoms with E-state index in [0.29, 0.717) is 18.0 Å². The molecule has 0 amide bonds. The van der Waals surface area contributed by atoms with E-state index in [9.17, 15) is 5.11 Å². The average Bonchev–Trinajstić information content (AvgIpc) is 2.54. The maximum atomic E-state index is 10.6. The first-order valence-electron chi connectivity index (χ1n) is 9.25. The molecule has 1 N–H and O–H groups in total.